The summed E-state index contributed by atoms with van der Waals surface area (Å²) in [7, 11) is 4.51. The number of fused-ring (bicyclic) bond motifs is 1. The van der Waals surface area contributed by atoms with Crippen molar-refractivity contribution in [3.8, 4) is 22.8 Å². The molecule has 1 fully saturated rings. The van der Waals surface area contributed by atoms with Gasteiger partial charge in [-0.05, 0) is 55.9 Å². The van der Waals surface area contributed by atoms with Crippen LogP contribution in [0.1, 0.15) is 65.9 Å². The lowest BCUT2D eigenvalue weighted by atomic mass is 9.79. The SMILES string of the molecule is COC(=O)Cn1c(C(=O)Nc2nc(-c3cc(OC)c(Cl)cc3OC)c(C(C)C3CCCCC3)s2)cc2cc(C)ccc21. The fourth-order valence-electron chi connectivity index (χ4n) is 5.88. The number of anilines is 1. The van der Waals surface area contributed by atoms with Gasteiger partial charge in [0.2, 0.25) is 0 Å². The first-order valence-corrected chi connectivity index (χ1v) is 15.3. The van der Waals surface area contributed by atoms with Gasteiger partial charge in [0.25, 0.3) is 5.91 Å². The van der Waals surface area contributed by atoms with Crippen molar-refractivity contribution >= 4 is 50.8 Å². The predicted molar refractivity (Wildman–Crippen MR) is 167 cm³/mol. The predicted octanol–water partition coefficient (Wildman–Crippen LogP) is 7.85. The lowest BCUT2D eigenvalue weighted by Crippen LogP contribution is -2.20. The molecule has 1 unspecified atom stereocenters. The molecule has 5 rings (SSSR count). The number of ether oxygens (including phenoxy) is 3. The van der Waals surface area contributed by atoms with E-state index in [0.717, 1.165) is 45.4 Å². The van der Waals surface area contributed by atoms with Gasteiger partial charge in [-0.15, -0.1) is 11.3 Å². The number of aryl methyl sites for hydroxylation is 1. The van der Waals surface area contributed by atoms with E-state index in [0.29, 0.717) is 33.3 Å². The highest BCUT2D eigenvalue weighted by Gasteiger charge is 2.29. The lowest BCUT2D eigenvalue weighted by Gasteiger charge is -2.27. The van der Waals surface area contributed by atoms with E-state index in [1.165, 1.54) is 37.7 Å². The number of rotatable bonds is 9. The number of carbonyl (C=O) groups excluding carboxylic acids is 2. The van der Waals surface area contributed by atoms with Crippen LogP contribution < -0.4 is 14.8 Å². The molecule has 1 N–H and O–H groups in total. The van der Waals surface area contributed by atoms with Gasteiger partial charge in [-0.1, -0.05) is 49.4 Å². The number of benzene rings is 2. The second kappa shape index (κ2) is 12.8. The number of nitrogens with zero attached hydrogens (tertiary/aromatic N) is 2. The smallest absolute Gasteiger partial charge is 0.325 e. The molecule has 222 valence electrons. The number of hydrogen-bond donors (Lipinski definition) is 1. The third-order valence-corrected chi connectivity index (χ3v) is 9.64. The van der Waals surface area contributed by atoms with Crippen molar-refractivity contribution < 1.29 is 23.8 Å². The Balaban J connectivity index is 1.57. The maximum atomic E-state index is 13.8. The highest BCUT2D eigenvalue weighted by Crippen LogP contribution is 2.47. The van der Waals surface area contributed by atoms with Crippen molar-refractivity contribution in [2.24, 2.45) is 5.92 Å². The Bertz CT molecular complexity index is 1620. The minimum absolute atomic E-state index is 0.0827. The molecule has 0 radical (unpaired) electrons. The van der Waals surface area contributed by atoms with E-state index in [-0.39, 0.29) is 18.4 Å². The van der Waals surface area contributed by atoms with Gasteiger partial charge < -0.3 is 18.8 Å². The summed E-state index contributed by atoms with van der Waals surface area (Å²) >= 11 is 7.90. The summed E-state index contributed by atoms with van der Waals surface area (Å²) in [6, 6.07) is 11.2. The van der Waals surface area contributed by atoms with Crippen LogP contribution in [0, 0.1) is 12.8 Å². The Hall–Kier alpha value is -3.56. The summed E-state index contributed by atoms with van der Waals surface area (Å²) in [5.74, 6) is 1.05. The molecule has 1 saturated carbocycles. The van der Waals surface area contributed by atoms with Crippen molar-refractivity contribution in [2.75, 3.05) is 26.6 Å². The lowest BCUT2D eigenvalue weighted by molar-refractivity contribution is -0.141. The number of amides is 1. The summed E-state index contributed by atoms with van der Waals surface area (Å²) in [4.78, 5) is 32.1. The quantitative estimate of drug-likeness (QED) is 0.194. The van der Waals surface area contributed by atoms with Crippen LogP contribution in [-0.2, 0) is 16.1 Å². The molecular weight excluding hydrogens is 574 g/mol. The van der Waals surface area contributed by atoms with Crippen molar-refractivity contribution in [3.63, 3.8) is 0 Å². The average Bonchev–Trinajstić information content (AvgIpc) is 3.57. The first kappa shape index (κ1) is 29.9. The van der Waals surface area contributed by atoms with Crippen LogP contribution >= 0.6 is 22.9 Å². The minimum Gasteiger partial charge on any atom is -0.496 e. The van der Waals surface area contributed by atoms with Crippen molar-refractivity contribution in [1.29, 1.82) is 0 Å². The Morgan fingerprint density at radius 1 is 1.07 bits per heavy atom. The van der Waals surface area contributed by atoms with E-state index in [1.807, 2.05) is 31.2 Å². The van der Waals surface area contributed by atoms with Crippen molar-refractivity contribution in [1.82, 2.24) is 9.55 Å². The van der Waals surface area contributed by atoms with Crippen molar-refractivity contribution in [2.45, 2.75) is 58.4 Å². The number of carbonyl (C=O) groups is 2. The number of methoxy groups -OCH3 is 3. The van der Waals surface area contributed by atoms with Gasteiger partial charge in [0.15, 0.2) is 5.13 Å². The Kier molecular flexibility index (Phi) is 9.08. The van der Waals surface area contributed by atoms with Gasteiger partial charge in [-0.25, -0.2) is 4.98 Å². The van der Waals surface area contributed by atoms with Crippen LogP contribution in [-0.4, -0.2) is 42.8 Å². The maximum absolute atomic E-state index is 13.8. The topological polar surface area (TPSA) is 91.7 Å². The second-order valence-corrected chi connectivity index (χ2v) is 12.3. The Morgan fingerprint density at radius 3 is 2.50 bits per heavy atom. The summed E-state index contributed by atoms with van der Waals surface area (Å²) < 4.78 is 17.8. The molecule has 42 heavy (non-hydrogen) atoms. The standard InChI is InChI=1S/C32H36ClN3O5S/c1-18-11-12-24-21(13-18)14-25(36(24)17-28(37)41-5)31(38)35-32-34-29(22-15-27(40-4)23(33)16-26(22)39-3)30(42-32)19(2)20-9-7-6-8-10-20/h11-16,19-20H,6-10,17H2,1-5H3,(H,34,35,38). The third-order valence-electron chi connectivity index (χ3n) is 8.18. The fourth-order valence-corrected chi connectivity index (χ4v) is 7.23. The summed E-state index contributed by atoms with van der Waals surface area (Å²) in [5.41, 5.74) is 3.68. The molecule has 2 heterocycles. The van der Waals surface area contributed by atoms with Crippen LogP contribution in [0.5, 0.6) is 11.5 Å². The molecular formula is C32H36ClN3O5S. The van der Waals surface area contributed by atoms with Gasteiger partial charge in [0, 0.05) is 27.4 Å². The number of aromatic nitrogens is 2. The first-order chi connectivity index (χ1) is 20.2. The van der Waals surface area contributed by atoms with Crippen LogP contribution in [0.2, 0.25) is 5.02 Å². The van der Waals surface area contributed by atoms with E-state index >= 15 is 0 Å². The second-order valence-electron chi connectivity index (χ2n) is 10.8. The van der Waals surface area contributed by atoms with E-state index < -0.39 is 5.97 Å². The molecule has 2 aromatic carbocycles. The molecule has 10 heteroatoms. The van der Waals surface area contributed by atoms with Crippen LogP contribution in [0.3, 0.4) is 0 Å². The number of nitrogens with one attached hydrogen (secondary N) is 1. The van der Waals surface area contributed by atoms with E-state index in [2.05, 4.69) is 12.2 Å². The molecule has 0 spiro atoms. The molecule has 8 nitrogen and oxygen atoms in total. The molecule has 1 atom stereocenters. The Morgan fingerprint density at radius 2 is 1.81 bits per heavy atom. The normalized spacial score (nSPS) is 14.5. The number of esters is 1. The molecule has 0 bridgehead atoms. The molecule has 4 aromatic rings. The Labute approximate surface area is 254 Å². The third kappa shape index (κ3) is 5.99. The summed E-state index contributed by atoms with van der Waals surface area (Å²) in [6.45, 7) is 4.15. The summed E-state index contributed by atoms with van der Waals surface area (Å²) in [5, 5.41) is 4.81. The molecule has 1 aliphatic carbocycles. The van der Waals surface area contributed by atoms with Crippen LogP contribution in [0.15, 0.2) is 36.4 Å². The number of halogens is 1. The average molecular weight is 610 g/mol. The largest absolute Gasteiger partial charge is 0.496 e. The van der Waals surface area contributed by atoms with E-state index in [1.54, 1.807) is 30.9 Å². The maximum Gasteiger partial charge on any atom is 0.325 e. The van der Waals surface area contributed by atoms with E-state index in [9.17, 15) is 9.59 Å². The molecule has 0 saturated heterocycles. The van der Waals surface area contributed by atoms with Gasteiger partial charge in [0.05, 0.1) is 32.0 Å². The monoisotopic (exact) mass is 609 g/mol. The van der Waals surface area contributed by atoms with Gasteiger partial charge in [-0.2, -0.15) is 0 Å². The molecule has 0 aliphatic heterocycles. The van der Waals surface area contributed by atoms with Gasteiger partial charge >= 0.3 is 5.97 Å². The highest BCUT2D eigenvalue weighted by molar-refractivity contribution is 7.16. The zero-order valence-corrected chi connectivity index (χ0v) is 26.2. The molecule has 1 amide bonds. The zero-order chi connectivity index (χ0) is 30.0. The zero-order valence-electron chi connectivity index (χ0n) is 24.6. The van der Waals surface area contributed by atoms with Crippen LogP contribution in [0.4, 0.5) is 5.13 Å². The molecule has 2 aromatic heterocycles. The minimum atomic E-state index is -0.439. The van der Waals surface area contributed by atoms with Gasteiger partial charge in [0.1, 0.15) is 23.7 Å². The fraction of sp³-hybridized carbons (Fsp3) is 0.406. The first-order valence-electron chi connectivity index (χ1n) is 14.1. The molecule has 1 aliphatic rings. The van der Waals surface area contributed by atoms with Gasteiger partial charge in [-0.3, -0.25) is 14.9 Å². The number of thiazole rings is 1. The van der Waals surface area contributed by atoms with E-state index in [4.69, 9.17) is 30.8 Å². The summed E-state index contributed by atoms with van der Waals surface area (Å²) in [6.07, 6.45) is 6.02. The van der Waals surface area contributed by atoms with Crippen LogP contribution in [0.25, 0.3) is 22.2 Å². The number of hydrogen-bond acceptors (Lipinski definition) is 7. The van der Waals surface area contributed by atoms with Crippen molar-refractivity contribution in [3.05, 3.63) is 57.6 Å². The highest BCUT2D eigenvalue weighted by atomic mass is 35.5.